The zero-order valence-corrected chi connectivity index (χ0v) is 19.0. The number of nitrogens with zero attached hydrogens (tertiary/aromatic N) is 2. The second-order valence-corrected chi connectivity index (χ2v) is 8.42. The highest BCUT2D eigenvalue weighted by Crippen LogP contribution is 2.23. The molecule has 1 aliphatic carbocycles. The Morgan fingerprint density at radius 1 is 1.41 bits per heavy atom. The molecule has 1 aromatic rings. The van der Waals surface area contributed by atoms with E-state index in [1.54, 1.807) is 0 Å². The molecule has 0 radical (unpaired) electrons. The van der Waals surface area contributed by atoms with Crippen LogP contribution in [0.1, 0.15) is 50.7 Å². The van der Waals surface area contributed by atoms with Gasteiger partial charge in [0, 0.05) is 40.0 Å². The highest BCUT2D eigenvalue weighted by Gasteiger charge is 2.26. The van der Waals surface area contributed by atoms with Gasteiger partial charge in [-0.05, 0) is 44.4 Å². The molecule has 0 aliphatic heterocycles. The fourth-order valence-corrected chi connectivity index (χ4v) is 4.54. The van der Waals surface area contributed by atoms with Crippen LogP contribution in [0.4, 0.5) is 4.39 Å². The molecule has 3 unspecified atom stereocenters. The largest absolute Gasteiger partial charge is 0.357 e. The van der Waals surface area contributed by atoms with Crippen molar-refractivity contribution < 1.29 is 8.60 Å². The van der Waals surface area contributed by atoms with E-state index in [1.807, 2.05) is 19.9 Å². The summed E-state index contributed by atoms with van der Waals surface area (Å²) >= 11 is 0. The first-order valence-electron chi connectivity index (χ1n) is 9.17. The van der Waals surface area contributed by atoms with Gasteiger partial charge in [-0.25, -0.2) is 9.38 Å². The lowest BCUT2D eigenvalue weighted by Gasteiger charge is -2.30. The molecule has 0 saturated heterocycles. The van der Waals surface area contributed by atoms with E-state index in [0.29, 0.717) is 29.4 Å². The van der Waals surface area contributed by atoms with Gasteiger partial charge in [0.05, 0.1) is 18.2 Å². The van der Waals surface area contributed by atoms with Gasteiger partial charge in [0.1, 0.15) is 5.82 Å². The van der Waals surface area contributed by atoms with E-state index < -0.39 is 10.8 Å². The van der Waals surface area contributed by atoms with Gasteiger partial charge in [-0.1, -0.05) is 13.3 Å². The van der Waals surface area contributed by atoms with Crippen molar-refractivity contribution in [3.8, 4) is 6.07 Å². The average Bonchev–Trinajstić information content (AvgIpc) is 2.67. The van der Waals surface area contributed by atoms with E-state index in [1.165, 1.54) is 18.2 Å². The predicted molar refractivity (Wildman–Crippen MR) is 119 cm³/mol. The summed E-state index contributed by atoms with van der Waals surface area (Å²) in [5.74, 6) is 0.960. The highest BCUT2D eigenvalue weighted by atomic mass is 127. The molecule has 5 nitrogen and oxygen atoms in total. The van der Waals surface area contributed by atoms with Crippen LogP contribution in [0.3, 0.4) is 0 Å². The number of benzene rings is 1. The van der Waals surface area contributed by atoms with Crippen LogP contribution >= 0.6 is 24.0 Å². The first kappa shape index (κ1) is 23.8. The fraction of sp³-hybridized carbons (Fsp3) is 0.579. The maximum absolute atomic E-state index is 13.9. The Morgan fingerprint density at radius 2 is 2.19 bits per heavy atom. The molecule has 1 aromatic carbocycles. The van der Waals surface area contributed by atoms with Crippen LogP contribution in [0.15, 0.2) is 23.2 Å². The smallest absolute Gasteiger partial charge is 0.191 e. The maximum atomic E-state index is 13.9. The third kappa shape index (κ3) is 7.37. The van der Waals surface area contributed by atoms with Gasteiger partial charge < -0.3 is 10.6 Å². The van der Waals surface area contributed by atoms with Crippen LogP contribution in [0, 0.1) is 17.1 Å². The van der Waals surface area contributed by atoms with Crippen molar-refractivity contribution in [2.75, 3.05) is 12.3 Å². The van der Waals surface area contributed by atoms with Crippen LogP contribution in [0.5, 0.6) is 0 Å². The molecule has 8 heteroatoms. The minimum atomic E-state index is -0.773. The van der Waals surface area contributed by atoms with E-state index in [4.69, 9.17) is 5.26 Å². The van der Waals surface area contributed by atoms with Gasteiger partial charge in [-0.2, -0.15) is 5.26 Å². The van der Waals surface area contributed by atoms with Crippen molar-refractivity contribution in [2.24, 2.45) is 4.99 Å². The standard InChI is InChI=1S/C19H27FN4OS.HI/c1-3-22-19(23-13-15-10-14(12-21)8-9-18(15)20)24-16-6-5-7-17(11-16)26(25)4-2;/h8-10,16-17H,3-7,11,13H2,1-2H3,(H2,22,23,24);1H. The summed E-state index contributed by atoms with van der Waals surface area (Å²) in [7, 11) is -0.773. The SMILES string of the molecule is CCNC(=NCc1cc(C#N)ccc1F)NC1CCCC(S(=O)CC)C1.I. The lowest BCUT2D eigenvalue weighted by Crippen LogP contribution is -2.46. The number of hydrogen-bond donors (Lipinski definition) is 2. The van der Waals surface area contributed by atoms with Crippen LogP contribution in [0.25, 0.3) is 0 Å². The number of rotatable bonds is 6. The van der Waals surface area contributed by atoms with E-state index in [9.17, 15) is 8.60 Å². The summed E-state index contributed by atoms with van der Waals surface area (Å²) in [4.78, 5) is 4.47. The zero-order chi connectivity index (χ0) is 18.9. The number of guanidine groups is 1. The summed E-state index contributed by atoms with van der Waals surface area (Å²) in [5, 5.41) is 15.8. The van der Waals surface area contributed by atoms with E-state index in [-0.39, 0.29) is 47.6 Å². The van der Waals surface area contributed by atoms with Gasteiger partial charge in [0.25, 0.3) is 0 Å². The first-order valence-corrected chi connectivity index (χ1v) is 10.6. The molecule has 0 aromatic heterocycles. The topological polar surface area (TPSA) is 77.3 Å². The molecule has 2 N–H and O–H groups in total. The monoisotopic (exact) mass is 506 g/mol. The summed E-state index contributed by atoms with van der Waals surface area (Å²) < 4.78 is 26.0. The van der Waals surface area contributed by atoms with Crippen molar-refractivity contribution in [1.29, 1.82) is 5.26 Å². The summed E-state index contributed by atoms with van der Waals surface area (Å²) in [6.07, 6.45) is 3.94. The fourth-order valence-electron chi connectivity index (χ4n) is 3.19. The Hall–Kier alpha value is -1.21. The number of nitriles is 1. The predicted octanol–water partition coefficient (Wildman–Crippen LogP) is 3.45. The molecule has 0 spiro atoms. The quantitative estimate of drug-likeness (QED) is 0.352. The Kier molecular flexibility index (Phi) is 10.8. The molecule has 27 heavy (non-hydrogen) atoms. The molecule has 2 rings (SSSR count). The van der Waals surface area contributed by atoms with Crippen LogP contribution in [-0.4, -0.2) is 33.8 Å². The Bertz CT molecular complexity index is 707. The molecule has 1 fully saturated rings. The zero-order valence-electron chi connectivity index (χ0n) is 15.8. The Balaban J connectivity index is 0.00000364. The van der Waals surface area contributed by atoms with Crippen molar-refractivity contribution in [1.82, 2.24) is 10.6 Å². The molecule has 0 amide bonds. The summed E-state index contributed by atoms with van der Waals surface area (Å²) in [6.45, 7) is 4.80. The molecule has 3 atom stereocenters. The van der Waals surface area contributed by atoms with Gasteiger partial charge in [0.2, 0.25) is 0 Å². The molecule has 1 saturated carbocycles. The van der Waals surface area contributed by atoms with Crippen molar-refractivity contribution in [3.63, 3.8) is 0 Å². The third-order valence-corrected chi connectivity index (χ3v) is 6.29. The van der Waals surface area contributed by atoms with Crippen LogP contribution in [-0.2, 0) is 17.3 Å². The first-order chi connectivity index (χ1) is 12.6. The van der Waals surface area contributed by atoms with Gasteiger partial charge in [-0.15, -0.1) is 24.0 Å². The second kappa shape index (κ2) is 12.3. The Morgan fingerprint density at radius 3 is 2.85 bits per heavy atom. The normalized spacial score (nSPS) is 20.9. The van der Waals surface area contributed by atoms with Crippen LogP contribution < -0.4 is 10.6 Å². The molecule has 0 bridgehead atoms. The average molecular weight is 506 g/mol. The lowest BCUT2D eigenvalue weighted by atomic mass is 9.95. The highest BCUT2D eigenvalue weighted by molar-refractivity contribution is 14.0. The second-order valence-electron chi connectivity index (χ2n) is 6.41. The molecular weight excluding hydrogens is 478 g/mol. The van der Waals surface area contributed by atoms with Gasteiger partial charge in [-0.3, -0.25) is 4.21 Å². The van der Waals surface area contributed by atoms with E-state index in [0.717, 1.165) is 25.7 Å². The number of aliphatic imine (C=N–C) groups is 1. The van der Waals surface area contributed by atoms with Crippen LogP contribution in [0.2, 0.25) is 0 Å². The maximum Gasteiger partial charge on any atom is 0.191 e. The molecule has 150 valence electrons. The van der Waals surface area contributed by atoms with Crippen molar-refractivity contribution in [2.45, 2.75) is 57.4 Å². The lowest BCUT2D eigenvalue weighted by molar-refractivity contribution is 0.413. The number of hydrogen-bond acceptors (Lipinski definition) is 3. The minimum absolute atomic E-state index is 0. The summed E-state index contributed by atoms with van der Waals surface area (Å²) in [6, 6.07) is 6.53. The molecule has 0 heterocycles. The Labute approximate surface area is 180 Å². The number of halogens is 2. The molecule has 1 aliphatic rings. The van der Waals surface area contributed by atoms with E-state index in [2.05, 4.69) is 15.6 Å². The minimum Gasteiger partial charge on any atom is -0.357 e. The molecular formula is C19H28FIN4OS. The van der Waals surface area contributed by atoms with E-state index >= 15 is 0 Å². The van der Waals surface area contributed by atoms with Crippen molar-refractivity contribution in [3.05, 3.63) is 35.1 Å². The van der Waals surface area contributed by atoms with Crippen molar-refractivity contribution >= 4 is 40.7 Å². The van der Waals surface area contributed by atoms with Gasteiger partial charge in [0.15, 0.2) is 5.96 Å². The number of nitrogens with one attached hydrogen (secondary N) is 2. The summed E-state index contributed by atoms with van der Waals surface area (Å²) in [5.41, 5.74) is 0.821. The van der Waals surface area contributed by atoms with Gasteiger partial charge >= 0.3 is 0 Å². The third-order valence-electron chi connectivity index (χ3n) is 4.55.